The SMILES string of the molecule is Cc1cccc([N+](=O)[O-])c1OCC(C)(C#N)NC(C)C. The zero-order valence-electron chi connectivity index (χ0n) is 12.1. The van der Waals surface area contributed by atoms with Gasteiger partial charge in [-0.3, -0.25) is 15.4 Å². The molecule has 1 N–H and O–H groups in total. The van der Waals surface area contributed by atoms with Crippen LogP contribution in [0.25, 0.3) is 0 Å². The Morgan fingerprint density at radius 1 is 1.55 bits per heavy atom. The van der Waals surface area contributed by atoms with Crippen LogP contribution in [0.2, 0.25) is 0 Å². The molecule has 0 saturated carbocycles. The van der Waals surface area contributed by atoms with Crippen LogP contribution < -0.4 is 10.1 Å². The van der Waals surface area contributed by atoms with Gasteiger partial charge in [-0.2, -0.15) is 5.26 Å². The summed E-state index contributed by atoms with van der Waals surface area (Å²) in [5, 5.41) is 23.3. The maximum Gasteiger partial charge on any atom is 0.311 e. The van der Waals surface area contributed by atoms with Crippen molar-refractivity contribution in [3.05, 3.63) is 33.9 Å². The van der Waals surface area contributed by atoms with Gasteiger partial charge in [0.2, 0.25) is 0 Å². The van der Waals surface area contributed by atoms with E-state index in [2.05, 4.69) is 11.4 Å². The highest BCUT2D eigenvalue weighted by atomic mass is 16.6. The van der Waals surface area contributed by atoms with Crippen LogP contribution in [0.1, 0.15) is 26.3 Å². The third-order valence-electron chi connectivity index (χ3n) is 2.75. The second-order valence-electron chi connectivity index (χ2n) is 5.21. The number of nitro groups is 1. The number of ether oxygens (including phenoxy) is 1. The van der Waals surface area contributed by atoms with Crippen molar-refractivity contribution in [2.45, 2.75) is 39.3 Å². The first-order valence-corrected chi connectivity index (χ1v) is 6.35. The monoisotopic (exact) mass is 277 g/mol. The van der Waals surface area contributed by atoms with Gasteiger partial charge in [0.05, 0.1) is 11.0 Å². The molecule has 0 spiro atoms. The lowest BCUT2D eigenvalue weighted by atomic mass is 10.1. The molecule has 1 unspecified atom stereocenters. The number of nitrogens with zero attached hydrogens (tertiary/aromatic N) is 2. The Morgan fingerprint density at radius 2 is 2.20 bits per heavy atom. The lowest BCUT2D eigenvalue weighted by Gasteiger charge is -2.26. The number of aryl methyl sites for hydroxylation is 1. The maximum absolute atomic E-state index is 11.0. The lowest BCUT2D eigenvalue weighted by Crippen LogP contribution is -2.49. The third-order valence-corrected chi connectivity index (χ3v) is 2.75. The summed E-state index contributed by atoms with van der Waals surface area (Å²) in [5.41, 5.74) is -0.316. The number of nitrogens with one attached hydrogen (secondary N) is 1. The van der Waals surface area contributed by atoms with E-state index in [0.29, 0.717) is 5.56 Å². The number of hydrogen-bond acceptors (Lipinski definition) is 5. The summed E-state index contributed by atoms with van der Waals surface area (Å²) in [5.74, 6) is 0.213. The molecule has 108 valence electrons. The molecule has 1 aromatic carbocycles. The molecule has 1 atom stereocenters. The number of rotatable bonds is 6. The zero-order valence-corrected chi connectivity index (χ0v) is 12.1. The van der Waals surface area contributed by atoms with E-state index in [1.165, 1.54) is 6.07 Å². The third kappa shape index (κ3) is 3.93. The van der Waals surface area contributed by atoms with Crippen molar-refractivity contribution < 1.29 is 9.66 Å². The Hall–Kier alpha value is -2.13. The fraction of sp³-hybridized carbons (Fsp3) is 0.500. The minimum absolute atomic E-state index is 0.0351. The Balaban J connectivity index is 2.95. The fourth-order valence-corrected chi connectivity index (χ4v) is 1.93. The zero-order chi connectivity index (χ0) is 15.3. The Labute approximate surface area is 118 Å². The highest BCUT2D eigenvalue weighted by molar-refractivity contribution is 5.51. The molecule has 0 aromatic heterocycles. The molecule has 0 aliphatic rings. The summed E-state index contributed by atoms with van der Waals surface area (Å²) < 4.78 is 5.56. The first-order chi connectivity index (χ1) is 9.29. The summed E-state index contributed by atoms with van der Waals surface area (Å²) >= 11 is 0. The molecule has 1 aromatic rings. The van der Waals surface area contributed by atoms with Crippen LogP contribution in [0.4, 0.5) is 5.69 Å². The average molecular weight is 277 g/mol. The molecule has 0 bridgehead atoms. The number of nitro benzene ring substituents is 1. The number of hydrogen-bond donors (Lipinski definition) is 1. The normalized spacial score (nSPS) is 13.6. The van der Waals surface area contributed by atoms with Gasteiger partial charge in [0.25, 0.3) is 0 Å². The van der Waals surface area contributed by atoms with Crippen molar-refractivity contribution in [2.75, 3.05) is 6.61 Å². The van der Waals surface area contributed by atoms with Crippen LogP contribution >= 0.6 is 0 Å². The molecule has 20 heavy (non-hydrogen) atoms. The first-order valence-electron chi connectivity index (χ1n) is 6.35. The summed E-state index contributed by atoms with van der Waals surface area (Å²) in [4.78, 5) is 10.5. The van der Waals surface area contributed by atoms with E-state index in [1.54, 1.807) is 26.0 Å². The first kappa shape index (κ1) is 15.9. The molecule has 6 nitrogen and oxygen atoms in total. The minimum Gasteiger partial charge on any atom is -0.484 e. The van der Waals surface area contributed by atoms with E-state index in [4.69, 9.17) is 4.74 Å². The molecule has 1 rings (SSSR count). The van der Waals surface area contributed by atoms with Crippen LogP contribution in [-0.2, 0) is 0 Å². The quantitative estimate of drug-likeness (QED) is 0.637. The second kappa shape index (κ2) is 6.35. The molecule has 0 amide bonds. The van der Waals surface area contributed by atoms with E-state index in [0.717, 1.165) is 0 Å². The predicted octanol–water partition coefficient (Wildman–Crippen LogP) is 2.56. The summed E-state index contributed by atoms with van der Waals surface area (Å²) in [6.45, 7) is 7.32. The van der Waals surface area contributed by atoms with Crippen molar-refractivity contribution in [3.8, 4) is 11.8 Å². The van der Waals surface area contributed by atoms with Crippen LogP contribution in [0.5, 0.6) is 5.75 Å². The van der Waals surface area contributed by atoms with Gasteiger partial charge in [0.15, 0.2) is 5.75 Å². The standard InChI is InChI=1S/C14H19N3O3/c1-10(2)16-14(4,8-15)9-20-13-11(3)6-5-7-12(13)17(18)19/h5-7,10,16H,9H2,1-4H3. The summed E-state index contributed by atoms with van der Waals surface area (Å²) in [6.07, 6.45) is 0. The van der Waals surface area contributed by atoms with Crippen LogP contribution in [-0.4, -0.2) is 23.1 Å². The summed E-state index contributed by atoms with van der Waals surface area (Å²) in [6, 6.07) is 6.98. The average Bonchev–Trinajstić information content (AvgIpc) is 2.36. The van der Waals surface area contributed by atoms with Gasteiger partial charge in [-0.05, 0) is 33.3 Å². The molecular formula is C14H19N3O3. The number of para-hydroxylation sites is 1. The van der Waals surface area contributed by atoms with Gasteiger partial charge in [0.1, 0.15) is 12.1 Å². The van der Waals surface area contributed by atoms with Gasteiger partial charge >= 0.3 is 5.69 Å². The van der Waals surface area contributed by atoms with Gasteiger partial charge in [0, 0.05) is 12.1 Å². The van der Waals surface area contributed by atoms with Crippen molar-refractivity contribution in [1.82, 2.24) is 5.32 Å². The number of benzene rings is 1. The highest BCUT2D eigenvalue weighted by Gasteiger charge is 2.27. The Morgan fingerprint density at radius 3 is 2.70 bits per heavy atom. The van der Waals surface area contributed by atoms with Crippen molar-refractivity contribution in [1.29, 1.82) is 5.26 Å². The van der Waals surface area contributed by atoms with Crippen LogP contribution in [0.15, 0.2) is 18.2 Å². The predicted molar refractivity (Wildman–Crippen MR) is 75.6 cm³/mol. The highest BCUT2D eigenvalue weighted by Crippen LogP contribution is 2.30. The lowest BCUT2D eigenvalue weighted by molar-refractivity contribution is -0.386. The number of nitriles is 1. The van der Waals surface area contributed by atoms with Crippen molar-refractivity contribution in [2.24, 2.45) is 0 Å². The van der Waals surface area contributed by atoms with E-state index in [-0.39, 0.29) is 24.1 Å². The molecule has 0 fully saturated rings. The summed E-state index contributed by atoms with van der Waals surface area (Å²) in [7, 11) is 0. The molecule has 0 aliphatic heterocycles. The molecular weight excluding hydrogens is 258 g/mol. The van der Waals surface area contributed by atoms with Gasteiger partial charge in [-0.25, -0.2) is 0 Å². The second-order valence-corrected chi connectivity index (χ2v) is 5.21. The van der Waals surface area contributed by atoms with E-state index >= 15 is 0 Å². The largest absolute Gasteiger partial charge is 0.484 e. The minimum atomic E-state index is -0.898. The van der Waals surface area contributed by atoms with Crippen molar-refractivity contribution in [3.63, 3.8) is 0 Å². The van der Waals surface area contributed by atoms with E-state index < -0.39 is 10.5 Å². The Kier molecular flexibility index (Phi) is 5.06. The van der Waals surface area contributed by atoms with E-state index in [9.17, 15) is 15.4 Å². The van der Waals surface area contributed by atoms with Gasteiger partial charge < -0.3 is 4.74 Å². The van der Waals surface area contributed by atoms with Gasteiger partial charge in [-0.1, -0.05) is 12.1 Å². The fourth-order valence-electron chi connectivity index (χ4n) is 1.93. The van der Waals surface area contributed by atoms with Crippen molar-refractivity contribution >= 4 is 5.69 Å². The van der Waals surface area contributed by atoms with Crippen LogP contribution in [0, 0.1) is 28.4 Å². The van der Waals surface area contributed by atoms with E-state index in [1.807, 2.05) is 13.8 Å². The molecule has 0 aliphatic carbocycles. The molecule has 0 radical (unpaired) electrons. The maximum atomic E-state index is 11.0. The smallest absolute Gasteiger partial charge is 0.311 e. The van der Waals surface area contributed by atoms with Crippen LogP contribution in [0.3, 0.4) is 0 Å². The molecule has 6 heteroatoms. The molecule has 0 heterocycles. The van der Waals surface area contributed by atoms with Gasteiger partial charge in [-0.15, -0.1) is 0 Å². The molecule has 0 saturated heterocycles. The topological polar surface area (TPSA) is 88.2 Å². The Bertz CT molecular complexity index is 537.